The number of rotatable bonds is 6. The summed E-state index contributed by atoms with van der Waals surface area (Å²) in [4.78, 5) is 4.18. The highest BCUT2D eigenvalue weighted by Crippen LogP contribution is 2.22. The van der Waals surface area contributed by atoms with Crippen LogP contribution in [0.3, 0.4) is 0 Å². The maximum Gasteiger partial charge on any atom is 0.0469 e. The quantitative estimate of drug-likeness (QED) is 0.839. The lowest BCUT2D eigenvalue weighted by molar-refractivity contribution is 0.0528. The summed E-state index contributed by atoms with van der Waals surface area (Å²) in [6.45, 7) is 5.10. The summed E-state index contributed by atoms with van der Waals surface area (Å²) in [6, 6.07) is 4.81. The number of aryl methyl sites for hydroxylation is 1. The molecule has 1 N–H and O–H groups in total. The Labute approximate surface area is 110 Å². The van der Waals surface area contributed by atoms with Gasteiger partial charge in [0.25, 0.3) is 0 Å². The monoisotopic (exact) mass is 248 g/mol. The molecule has 0 saturated carbocycles. The Hall–Kier alpha value is -0.930. The number of hydrogen-bond acceptors (Lipinski definition) is 3. The molecule has 0 radical (unpaired) electrons. The minimum atomic E-state index is 0.624. The van der Waals surface area contributed by atoms with Gasteiger partial charge in [-0.2, -0.15) is 0 Å². The van der Waals surface area contributed by atoms with Gasteiger partial charge in [0.2, 0.25) is 0 Å². The number of nitrogens with one attached hydrogen (secondary N) is 1. The van der Waals surface area contributed by atoms with E-state index in [2.05, 4.69) is 23.3 Å². The summed E-state index contributed by atoms with van der Waals surface area (Å²) in [5.41, 5.74) is 1.34. The van der Waals surface area contributed by atoms with Crippen molar-refractivity contribution in [3.05, 3.63) is 30.1 Å². The number of nitrogens with zero attached hydrogens (tertiary/aromatic N) is 1. The Balaban J connectivity index is 1.85. The highest BCUT2D eigenvalue weighted by Gasteiger charge is 2.22. The maximum absolute atomic E-state index is 5.45. The molecule has 1 fully saturated rings. The van der Waals surface area contributed by atoms with Gasteiger partial charge in [-0.05, 0) is 49.8 Å². The normalized spacial score (nSPS) is 18.7. The summed E-state index contributed by atoms with van der Waals surface area (Å²) in [5.74, 6) is 0.773. The number of pyridine rings is 1. The molecule has 0 aromatic carbocycles. The third kappa shape index (κ3) is 4.07. The van der Waals surface area contributed by atoms with E-state index in [9.17, 15) is 0 Å². The van der Waals surface area contributed by atoms with E-state index in [4.69, 9.17) is 4.74 Å². The fourth-order valence-corrected chi connectivity index (χ4v) is 2.75. The second-order valence-electron chi connectivity index (χ2n) is 5.01. The van der Waals surface area contributed by atoms with Gasteiger partial charge in [0.1, 0.15) is 0 Å². The maximum atomic E-state index is 5.45. The molecule has 3 nitrogen and oxygen atoms in total. The standard InChI is InChI=1S/C15H24N2O/c1-2-17-15(14-7-10-18-11-8-14)6-5-13-4-3-9-16-12-13/h3-4,9,12,14-15,17H,2,5-8,10-11H2,1H3. The molecule has 0 aliphatic carbocycles. The van der Waals surface area contributed by atoms with Gasteiger partial charge in [0, 0.05) is 31.6 Å². The van der Waals surface area contributed by atoms with E-state index in [0.717, 1.165) is 32.1 Å². The van der Waals surface area contributed by atoms with Gasteiger partial charge in [-0.15, -0.1) is 0 Å². The van der Waals surface area contributed by atoms with Crippen molar-refractivity contribution in [2.75, 3.05) is 19.8 Å². The first kappa shape index (κ1) is 13.5. The topological polar surface area (TPSA) is 34.2 Å². The second-order valence-corrected chi connectivity index (χ2v) is 5.01. The van der Waals surface area contributed by atoms with Crippen LogP contribution >= 0.6 is 0 Å². The zero-order chi connectivity index (χ0) is 12.6. The molecule has 18 heavy (non-hydrogen) atoms. The van der Waals surface area contributed by atoms with Crippen LogP contribution in [0.15, 0.2) is 24.5 Å². The van der Waals surface area contributed by atoms with Crippen molar-refractivity contribution in [2.24, 2.45) is 5.92 Å². The highest BCUT2D eigenvalue weighted by atomic mass is 16.5. The lowest BCUT2D eigenvalue weighted by Gasteiger charge is -2.31. The van der Waals surface area contributed by atoms with Crippen molar-refractivity contribution in [3.8, 4) is 0 Å². The molecule has 2 rings (SSSR count). The molecular formula is C15H24N2O. The Bertz CT molecular complexity index is 323. The zero-order valence-electron chi connectivity index (χ0n) is 11.3. The Morgan fingerprint density at radius 3 is 2.94 bits per heavy atom. The van der Waals surface area contributed by atoms with Gasteiger partial charge < -0.3 is 10.1 Å². The Kier molecular flexibility index (Phi) is 5.62. The van der Waals surface area contributed by atoms with Crippen molar-refractivity contribution in [3.63, 3.8) is 0 Å². The predicted octanol–water partition coefficient (Wildman–Crippen LogP) is 2.42. The van der Waals surface area contributed by atoms with Gasteiger partial charge in [0.15, 0.2) is 0 Å². The Morgan fingerprint density at radius 2 is 2.28 bits per heavy atom. The smallest absolute Gasteiger partial charge is 0.0469 e. The molecule has 0 spiro atoms. The summed E-state index contributed by atoms with van der Waals surface area (Å²) < 4.78 is 5.45. The van der Waals surface area contributed by atoms with Gasteiger partial charge >= 0.3 is 0 Å². The molecule has 3 heteroatoms. The lowest BCUT2D eigenvalue weighted by Crippen LogP contribution is -2.39. The summed E-state index contributed by atoms with van der Waals surface area (Å²) >= 11 is 0. The van der Waals surface area contributed by atoms with E-state index < -0.39 is 0 Å². The van der Waals surface area contributed by atoms with Crippen LogP contribution in [-0.4, -0.2) is 30.8 Å². The van der Waals surface area contributed by atoms with Crippen LogP contribution in [0.4, 0.5) is 0 Å². The average molecular weight is 248 g/mol. The zero-order valence-corrected chi connectivity index (χ0v) is 11.3. The minimum Gasteiger partial charge on any atom is -0.381 e. The molecule has 1 aliphatic heterocycles. The number of aromatic nitrogens is 1. The van der Waals surface area contributed by atoms with Crippen LogP contribution in [-0.2, 0) is 11.2 Å². The SMILES string of the molecule is CCNC(CCc1cccnc1)C1CCOCC1. The van der Waals surface area contributed by atoms with Crippen molar-refractivity contribution in [1.29, 1.82) is 0 Å². The summed E-state index contributed by atoms with van der Waals surface area (Å²) in [6.07, 6.45) is 8.53. The predicted molar refractivity (Wildman–Crippen MR) is 73.6 cm³/mol. The van der Waals surface area contributed by atoms with E-state index in [0.29, 0.717) is 6.04 Å². The highest BCUT2D eigenvalue weighted by molar-refractivity contribution is 5.08. The van der Waals surface area contributed by atoms with Crippen molar-refractivity contribution in [2.45, 2.75) is 38.6 Å². The molecule has 100 valence electrons. The molecule has 1 aromatic heterocycles. The fraction of sp³-hybridized carbons (Fsp3) is 0.667. The average Bonchev–Trinajstić information content (AvgIpc) is 2.45. The first-order valence-corrected chi connectivity index (χ1v) is 7.10. The molecule has 2 heterocycles. The first-order valence-electron chi connectivity index (χ1n) is 7.10. The number of hydrogen-bond donors (Lipinski definition) is 1. The van der Waals surface area contributed by atoms with Gasteiger partial charge in [-0.1, -0.05) is 13.0 Å². The molecule has 1 aromatic rings. The number of ether oxygens (including phenoxy) is 1. The minimum absolute atomic E-state index is 0.624. The largest absolute Gasteiger partial charge is 0.381 e. The molecule has 0 bridgehead atoms. The van der Waals surface area contributed by atoms with Gasteiger partial charge in [0.05, 0.1) is 0 Å². The first-order chi connectivity index (χ1) is 8.90. The fourth-order valence-electron chi connectivity index (χ4n) is 2.75. The van der Waals surface area contributed by atoms with Gasteiger partial charge in [-0.3, -0.25) is 4.98 Å². The molecule has 1 atom stereocenters. The van der Waals surface area contributed by atoms with Gasteiger partial charge in [-0.25, -0.2) is 0 Å². The molecular weight excluding hydrogens is 224 g/mol. The van der Waals surface area contributed by atoms with E-state index in [1.165, 1.54) is 24.8 Å². The molecule has 0 amide bonds. The second kappa shape index (κ2) is 7.49. The van der Waals surface area contributed by atoms with E-state index in [1.54, 1.807) is 0 Å². The van der Waals surface area contributed by atoms with E-state index >= 15 is 0 Å². The third-order valence-corrected chi connectivity index (χ3v) is 3.77. The van der Waals surface area contributed by atoms with Crippen LogP contribution < -0.4 is 5.32 Å². The van der Waals surface area contributed by atoms with Crippen LogP contribution in [0.1, 0.15) is 31.7 Å². The van der Waals surface area contributed by atoms with Crippen LogP contribution in [0.2, 0.25) is 0 Å². The van der Waals surface area contributed by atoms with Crippen LogP contribution in [0.25, 0.3) is 0 Å². The van der Waals surface area contributed by atoms with Crippen LogP contribution in [0, 0.1) is 5.92 Å². The summed E-state index contributed by atoms with van der Waals surface area (Å²) in [5, 5.41) is 3.65. The van der Waals surface area contributed by atoms with E-state index in [-0.39, 0.29) is 0 Å². The molecule has 1 unspecified atom stereocenters. The van der Waals surface area contributed by atoms with E-state index in [1.807, 2.05) is 18.5 Å². The third-order valence-electron chi connectivity index (χ3n) is 3.77. The molecule has 1 aliphatic rings. The van der Waals surface area contributed by atoms with Crippen molar-refractivity contribution >= 4 is 0 Å². The van der Waals surface area contributed by atoms with Crippen molar-refractivity contribution < 1.29 is 4.74 Å². The summed E-state index contributed by atoms with van der Waals surface area (Å²) in [7, 11) is 0. The Morgan fingerprint density at radius 1 is 1.44 bits per heavy atom. The molecule has 1 saturated heterocycles. The van der Waals surface area contributed by atoms with Crippen LogP contribution in [0.5, 0.6) is 0 Å². The van der Waals surface area contributed by atoms with Crippen molar-refractivity contribution in [1.82, 2.24) is 10.3 Å². The lowest BCUT2D eigenvalue weighted by atomic mass is 9.88.